The van der Waals surface area contributed by atoms with Gasteiger partial charge in [-0.1, -0.05) is 25.1 Å². The number of aliphatic hydroxyl groups is 1. The van der Waals surface area contributed by atoms with Gasteiger partial charge in [-0.3, -0.25) is 0 Å². The SMILES string of the molecule is CCC(O)c1ccccc1N(C)CCS(C)(=O)=O. The minimum Gasteiger partial charge on any atom is -0.388 e. The smallest absolute Gasteiger partial charge is 0.149 e. The lowest BCUT2D eigenvalue weighted by atomic mass is 10.0. The Labute approximate surface area is 109 Å². The van der Waals surface area contributed by atoms with Crippen molar-refractivity contribution in [2.45, 2.75) is 19.4 Å². The Morgan fingerprint density at radius 1 is 1.33 bits per heavy atom. The summed E-state index contributed by atoms with van der Waals surface area (Å²) in [6.45, 7) is 2.34. The Bertz CT molecular complexity index is 485. The van der Waals surface area contributed by atoms with E-state index in [2.05, 4.69) is 0 Å². The van der Waals surface area contributed by atoms with Crippen LogP contribution in [0, 0.1) is 0 Å². The van der Waals surface area contributed by atoms with E-state index in [1.807, 2.05) is 43.1 Å². The quantitative estimate of drug-likeness (QED) is 0.854. The standard InChI is InChI=1S/C13H21NO3S/c1-4-13(15)11-7-5-6-8-12(11)14(2)9-10-18(3,16)17/h5-8,13,15H,4,9-10H2,1-3H3. The van der Waals surface area contributed by atoms with E-state index in [-0.39, 0.29) is 5.75 Å². The van der Waals surface area contributed by atoms with E-state index < -0.39 is 15.9 Å². The number of benzene rings is 1. The van der Waals surface area contributed by atoms with Crippen molar-refractivity contribution in [3.63, 3.8) is 0 Å². The molecular formula is C13H21NO3S. The molecule has 0 aliphatic heterocycles. The van der Waals surface area contributed by atoms with Crippen LogP contribution in [0.5, 0.6) is 0 Å². The van der Waals surface area contributed by atoms with Gasteiger partial charge in [-0.25, -0.2) is 8.42 Å². The van der Waals surface area contributed by atoms with Gasteiger partial charge in [0.1, 0.15) is 9.84 Å². The lowest BCUT2D eigenvalue weighted by Crippen LogP contribution is -2.26. The van der Waals surface area contributed by atoms with Crippen LogP contribution in [0.15, 0.2) is 24.3 Å². The number of nitrogens with zero attached hydrogens (tertiary/aromatic N) is 1. The Kier molecular flexibility index (Phi) is 5.16. The van der Waals surface area contributed by atoms with Crippen LogP contribution in [0.3, 0.4) is 0 Å². The van der Waals surface area contributed by atoms with E-state index in [1.54, 1.807) is 0 Å². The molecule has 0 aromatic heterocycles. The number of hydrogen-bond acceptors (Lipinski definition) is 4. The Hall–Kier alpha value is -1.07. The second kappa shape index (κ2) is 6.20. The molecule has 0 heterocycles. The van der Waals surface area contributed by atoms with E-state index >= 15 is 0 Å². The molecule has 18 heavy (non-hydrogen) atoms. The molecule has 1 aromatic rings. The summed E-state index contributed by atoms with van der Waals surface area (Å²) in [6, 6.07) is 7.54. The maximum absolute atomic E-state index is 11.2. The summed E-state index contributed by atoms with van der Waals surface area (Å²) in [5, 5.41) is 9.94. The zero-order valence-electron chi connectivity index (χ0n) is 11.1. The van der Waals surface area contributed by atoms with Crippen LogP contribution in [0.2, 0.25) is 0 Å². The fraction of sp³-hybridized carbons (Fsp3) is 0.538. The van der Waals surface area contributed by atoms with Crippen LogP contribution in [-0.4, -0.2) is 39.1 Å². The molecule has 1 unspecified atom stereocenters. The number of rotatable bonds is 6. The number of hydrogen-bond donors (Lipinski definition) is 1. The van der Waals surface area contributed by atoms with Crippen molar-refractivity contribution < 1.29 is 13.5 Å². The Morgan fingerprint density at radius 2 is 1.94 bits per heavy atom. The van der Waals surface area contributed by atoms with Gasteiger partial charge < -0.3 is 10.0 Å². The number of aliphatic hydroxyl groups excluding tert-OH is 1. The molecule has 0 aliphatic carbocycles. The molecule has 0 amide bonds. The number of para-hydroxylation sites is 1. The van der Waals surface area contributed by atoms with Gasteiger partial charge in [0.2, 0.25) is 0 Å². The third kappa shape index (κ3) is 4.31. The lowest BCUT2D eigenvalue weighted by molar-refractivity contribution is 0.174. The third-order valence-electron chi connectivity index (χ3n) is 2.89. The highest BCUT2D eigenvalue weighted by Crippen LogP contribution is 2.27. The number of sulfone groups is 1. The Morgan fingerprint density at radius 3 is 2.50 bits per heavy atom. The minimum atomic E-state index is -2.97. The van der Waals surface area contributed by atoms with E-state index in [0.29, 0.717) is 13.0 Å². The van der Waals surface area contributed by atoms with Gasteiger partial charge >= 0.3 is 0 Å². The summed E-state index contributed by atoms with van der Waals surface area (Å²) in [7, 11) is -1.13. The summed E-state index contributed by atoms with van der Waals surface area (Å²) in [4.78, 5) is 1.87. The van der Waals surface area contributed by atoms with E-state index in [0.717, 1.165) is 11.3 Å². The highest BCUT2D eigenvalue weighted by atomic mass is 32.2. The van der Waals surface area contributed by atoms with Crippen LogP contribution in [0.4, 0.5) is 5.69 Å². The van der Waals surface area contributed by atoms with Crippen LogP contribution < -0.4 is 4.90 Å². The van der Waals surface area contributed by atoms with Crippen molar-refractivity contribution in [3.8, 4) is 0 Å². The normalized spacial score (nSPS) is 13.3. The third-order valence-corrected chi connectivity index (χ3v) is 3.82. The van der Waals surface area contributed by atoms with Crippen LogP contribution in [0.25, 0.3) is 0 Å². The van der Waals surface area contributed by atoms with Crippen molar-refractivity contribution in [1.29, 1.82) is 0 Å². The largest absolute Gasteiger partial charge is 0.388 e. The molecule has 0 spiro atoms. The first-order valence-electron chi connectivity index (χ1n) is 6.01. The number of anilines is 1. The van der Waals surface area contributed by atoms with E-state index in [1.165, 1.54) is 6.26 Å². The molecular weight excluding hydrogens is 250 g/mol. The van der Waals surface area contributed by atoms with Crippen LogP contribution in [0.1, 0.15) is 25.0 Å². The summed E-state index contributed by atoms with van der Waals surface area (Å²) in [5.74, 6) is 0.111. The molecule has 102 valence electrons. The predicted molar refractivity (Wildman–Crippen MR) is 74.7 cm³/mol. The van der Waals surface area contributed by atoms with Crippen molar-refractivity contribution in [2.24, 2.45) is 0 Å². The lowest BCUT2D eigenvalue weighted by Gasteiger charge is -2.24. The molecule has 0 radical (unpaired) electrons. The molecule has 1 rings (SSSR count). The molecule has 5 heteroatoms. The summed E-state index contributed by atoms with van der Waals surface area (Å²) in [6.07, 6.45) is 1.35. The zero-order chi connectivity index (χ0) is 13.8. The summed E-state index contributed by atoms with van der Waals surface area (Å²) < 4.78 is 22.3. The molecule has 1 atom stereocenters. The molecule has 0 aliphatic rings. The average Bonchev–Trinajstić information content (AvgIpc) is 2.34. The summed E-state index contributed by atoms with van der Waals surface area (Å²) >= 11 is 0. The van der Waals surface area contributed by atoms with Gasteiger partial charge in [-0.15, -0.1) is 0 Å². The fourth-order valence-electron chi connectivity index (χ4n) is 1.76. The van der Waals surface area contributed by atoms with Gasteiger partial charge in [-0.2, -0.15) is 0 Å². The van der Waals surface area contributed by atoms with Crippen LogP contribution in [-0.2, 0) is 9.84 Å². The van der Waals surface area contributed by atoms with Gasteiger partial charge in [0, 0.05) is 31.1 Å². The van der Waals surface area contributed by atoms with Crippen LogP contribution >= 0.6 is 0 Å². The van der Waals surface area contributed by atoms with Gasteiger partial charge in [0.05, 0.1) is 11.9 Å². The molecule has 0 fully saturated rings. The van der Waals surface area contributed by atoms with Crippen molar-refractivity contribution in [1.82, 2.24) is 0 Å². The summed E-state index contributed by atoms with van der Waals surface area (Å²) in [5.41, 5.74) is 1.73. The highest BCUT2D eigenvalue weighted by Gasteiger charge is 2.14. The predicted octanol–water partition coefficient (Wildman–Crippen LogP) is 1.61. The zero-order valence-corrected chi connectivity index (χ0v) is 11.9. The van der Waals surface area contributed by atoms with Crippen molar-refractivity contribution >= 4 is 15.5 Å². The molecule has 4 nitrogen and oxygen atoms in total. The maximum atomic E-state index is 11.2. The van der Waals surface area contributed by atoms with E-state index in [9.17, 15) is 13.5 Å². The van der Waals surface area contributed by atoms with Crippen molar-refractivity contribution in [3.05, 3.63) is 29.8 Å². The Balaban J connectivity index is 2.88. The molecule has 1 aromatic carbocycles. The van der Waals surface area contributed by atoms with Gasteiger partial charge in [0.15, 0.2) is 0 Å². The topological polar surface area (TPSA) is 57.6 Å². The second-order valence-electron chi connectivity index (χ2n) is 4.53. The fourth-order valence-corrected chi connectivity index (χ4v) is 2.37. The molecule has 1 N–H and O–H groups in total. The van der Waals surface area contributed by atoms with Gasteiger partial charge in [0.25, 0.3) is 0 Å². The molecule has 0 saturated carbocycles. The first kappa shape index (κ1) is 15.0. The first-order valence-corrected chi connectivity index (χ1v) is 8.07. The first-order chi connectivity index (χ1) is 8.35. The molecule has 0 saturated heterocycles. The highest BCUT2D eigenvalue weighted by molar-refractivity contribution is 7.90. The minimum absolute atomic E-state index is 0.111. The van der Waals surface area contributed by atoms with E-state index in [4.69, 9.17) is 0 Å². The monoisotopic (exact) mass is 271 g/mol. The van der Waals surface area contributed by atoms with Crippen molar-refractivity contribution in [2.75, 3.05) is 30.5 Å². The average molecular weight is 271 g/mol. The van der Waals surface area contributed by atoms with Gasteiger partial charge in [-0.05, 0) is 12.5 Å². The maximum Gasteiger partial charge on any atom is 0.149 e. The second-order valence-corrected chi connectivity index (χ2v) is 6.79. The molecule has 0 bridgehead atoms.